The molecule has 0 saturated heterocycles. The van der Waals surface area contributed by atoms with Gasteiger partial charge in [-0.3, -0.25) is 4.98 Å². The van der Waals surface area contributed by atoms with E-state index < -0.39 is 0 Å². The van der Waals surface area contributed by atoms with Gasteiger partial charge in [0.15, 0.2) is 0 Å². The standard InChI is InChI=1S/C14H12N4OS/c15-10-4-6-11(7-5-10)20-9-13-17-14(18-19-13)12-3-1-2-8-16-12/h1-8H,9,15H2. The van der Waals surface area contributed by atoms with E-state index in [1.807, 2.05) is 42.5 Å². The summed E-state index contributed by atoms with van der Waals surface area (Å²) in [5, 5.41) is 3.93. The average Bonchev–Trinajstić information content (AvgIpc) is 2.97. The molecule has 0 fully saturated rings. The molecule has 0 aliphatic carbocycles. The number of anilines is 1. The summed E-state index contributed by atoms with van der Waals surface area (Å²) in [6.07, 6.45) is 1.70. The first-order chi connectivity index (χ1) is 9.81. The van der Waals surface area contributed by atoms with Crippen LogP contribution in [-0.4, -0.2) is 15.1 Å². The van der Waals surface area contributed by atoms with Gasteiger partial charge < -0.3 is 10.3 Å². The van der Waals surface area contributed by atoms with E-state index >= 15 is 0 Å². The normalized spacial score (nSPS) is 10.6. The molecule has 3 aromatic rings. The Bertz CT molecular complexity index is 682. The fourth-order valence-electron chi connectivity index (χ4n) is 1.62. The molecule has 0 saturated carbocycles. The number of benzene rings is 1. The number of aromatic nitrogens is 3. The van der Waals surface area contributed by atoms with Gasteiger partial charge >= 0.3 is 0 Å². The van der Waals surface area contributed by atoms with Gasteiger partial charge in [-0.05, 0) is 36.4 Å². The minimum atomic E-state index is 0.513. The number of hydrogen-bond acceptors (Lipinski definition) is 6. The molecule has 2 heterocycles. The number of thioether (sulfide) groups is 1. The molecule has 0 spiro atoms. The van der Waals surface area contributed by atoms with Crippen LogP contribution in [0.4, 0.5) is 5.69 Å². The zero-order valence-corrected chi connectivity index (χ0v) is 11.4. The quantitative estimate of drug-likeness (QED) is 0.586. The largest absolute Gasteiger partial charge is 0.399 e. The van der Waals surface area contributed by atoms with Crippen molar-refractivity contribution in [3.63, 3.8) is 0 Å². The Labute approximate surface area is 120 Å². The monoisotopic (exact) mass is 284 g/mol. The maximum atomic E-state index is 5.64. The summed E-state index contributed by atoms with van der Waals surface area (Å²) in [5.74, 6) is 1.70. The minimum absolute atomic E-state index is 0.513. The Kier molecular flexibility index (Phi) is 3.64. The molecule has 0 amide bonds. The summed E-state index contributed by atoms with van der Waals surface area (Å²) >= 11 is 1.62. The Morgan fingerprint density at radius 3 is 2.70 bits per heavy atom. The highest BCUT2D eigenvalue weighted by Gasteiger charge is 2.09. The van der Waals surface area contributed by atoms with Gasteiger partial charge in [0.2, 0.25) is 11.7 Å². The van der Waals surface area contributed by atoms with Crippen LogP contribution >= 0.6 is 11.8 Å². The van der Waals surface area contributed by atoms with Crippen LogP contribution in [-0.2, 0) is 5.75 Å². The molecule has 0 aliphatic heterocycles. The van der Waals surface area contributed by atoms with Crippen LogP contribution < -0.4 is 5.73 Å². The van der Waals surface area contributed by atoms with Crippen LogP contribution in [0.25, 0.3) is 11.5 Å². The number of hydrogen-bond donors (Lipinski definition) is 1. The van der Waals surface area contributed by atoms with E-state index in [2.05, 4.69) is 15.1 Å². The van der Waals surface area contributed by atoms with Crippen molar-refractivity contribution in [3.8, 4) is 11.5 Å². The molecular weight excluding hydrogens is 272 g/mol. The molecule has 20 heavy (non-hydrogen) atoms. The Morgan fingerprint density at radius 2 is 1.95 bits per heavy atom. The van der Waals surface area contributed by atoms with Gasteiger partial charge in [0.1, 0.15) is 5.69 Å². The molecular formula is C14H12N4OS. The van der Waals surface area contributed by atoms with Crippen molar-refractivity contribution in [1.82, 2.24) is 15.1 Å². The minimum Gasteiger partial charge on any atom is -0.399 e. The van der Waals surface area contributed by atoms with E-state index in [0.717, 1.165) is 10.6 Å². The highest BCUT2D eigenvalue weighted by atomic mass is 32.2. The van der Waals surface area contributed by atoms with Crippen molar-refractivity contribution in [3.05, 3.63) is 54.6 Å². The van der Waals surface area contributed by atoms with Crippen molar-refractivity contribution < 1.29 is 4.52 Å². The van der Waals surface area contributed by atoms with Gasteiger partial charge in [-0.1, -0.05) is 11.2 Å². The predicted octanol–water partition coefficient (Wildman–Crippen LogP) is 3.01. The third kappa shape index (κ3) is 2.97. The third-order valence-corrected chi connectivity index (χ3v) is 3.60. The van der Waals surface area contributed by atoms with E-state index in [1.54, 1.807) is 18.0 Å². The first-order valence-electron chi connectivity index (χ1n) is 6.03. The highest BCUT2D eigenvalue weighted by molar-refractivity contribution is 7.98. The average molecular weight is 284 g/mol. The second-order valence-electron chi connectivity index (χ2n) is 4.08. The molecule has 6 heteroatoms. The first-order valence-corrected chi connectivity index (χ1v) is 7.02. The van der Waals surface area contributed by atoms with Crippen LogP contribution in [0.15, 0.2) is 58.1 Å². The summed E-state index contributed by atoms with van der Waals surface area (Å²) < 4.78 is 5.22. The summed E-state index contributed by atoms with van der Waals surface area (Å²) in [6.45, 7) is 0. The van der Waals surface area contributed by atoms with E-state index in [-0.39, 0.29) is 0 Å². The van der Waals surface area contributed by atoms with Gasteiger partial charge in [-0.2, -0.15) is 4.98 Å². The highest BCUT2D eigenvalue weighted by Crippen LogP contribution is 2.23. The van der Waals surface area contributed by atoms with Gasteiger partial charge in [0.05, 0.1) is 5.75 Å². The summed E-state index contributed by atoms with van der Waals surface area (Å²) in [7, 11) is 0. The van der Waals surface area contributed by atoms with Crippen molar-refractivity contribution in [2.75, 3.05) is 5.73 Å². The van der Waals surface area contributed by atoms with Gasteiger partial charge in [0, 0.05) is 16.8 Å². The van der Waals surface area contributed by atoms with Gasteiger partial charge in [-0.15, -0.1) is 11.8 Å². The summed E-state index contributed by atoms with van der Waals surface area (Å²) in [6, 6.07) is 13.3. The maximum absolute atomic E-state index is 5.64. The van der Waals surface area contributed by atoms with E-state index in [1.165, 1.54) is 0 Å². The second kappa shape index (κ2) is 5.75. The summed E-state index contributed by atoms with van der Waals surface area (Å²) in [5.41, 5.74) is 7.11. The number of rotatable bonds is 4. The van der Waals surface area contributed by atoms with Crippen molar-refractivity contribution in [2.24, 2.45) is 0 Å². The fourth-order valence-corrected chi connectivity index (χ4v) is 2.36. The lowest BCUT2D eigenvalue weighted by Crippen LogP contribution is -1.86. The Hall–Kier alpha value is -2.34. The molecule has 0 unspecified atom stereocenters. The predicted molar refractivity (Wildman–Crippen MR) is 77.9 cm³/mol. The third-order valence-electron chi connectivity index (χ3n) is 2.60. The lowest BCUT2D eigenvalue weighted by atomic mass is 10.3. The van der Waals surface area contributed by atoms with Crippen LogP contribution in [0, 0.1) is 0 Å². The molecule has 3 rings (SSSR count). The maximum Gasteiger partial charge on any atom is 0.237 e. The Balaban J connectivity index is 1.67. The summed E-state index contributed by atoms with van der Waals surface area (Å²) in [4.78, 5) is 9.62. The number of nitrogens with zero attached hydrogens (tertiary/aromatic N) is 3. The number of nitrogen functional groups attached to an aromatic ring is 1. The van der Waals surface area contributed by atoms with Gasteiger partial charge in [-0.25, -0.2) is 0 Å². The second-order valence-corrected chi connectivity index (χ2v) is 5.13. The van der Waals surface area contributed by atoms with E-state index in [9.17, 15) is 0 Å². The zero-order chi connectivity index (χ0) is 13.8. The molecule has 0 radical (unpaired) electrons. The Morgan fingerprint density at radius 1 is 1.10 bits per heavy atom. The van der Waals surface area contributed by atoms with Crippen molar-refractivity contribution in [2.45, 2.75) is 10.6 Å². The van der Waals surface area contributed by atoms with Crippen LogP contribution in [0.2, 0.25) is 0 Å². The molecule has 1 aromatic carbocycles. The molecule has 0 bridgehead atoms. The molecule has 5 nitrogen and oxygen atoms in total. The van der Waals surface area contributed by atoms with Gasteiger partial charge in [0.25, 0.3) is 0 Å². The molecule has 100 valence electrons. The number of nitrogens with two attached hydrogens (primary N) is 1. The van der Waals surface area contributed by atoms with Crippen LogP contribution in [0.1, 0.15) is 5.89 Å². The molecule has 2 N–H and O–H groups in total. The lowest BCUT2D eigenvalue weighted by molar-refractivity contribution is 0.391. The van der Waals surface area contributed by atoms with E-state index in [0.29, 0.717) is 23.2 Å². The lowest BCUT2D eigenvalue weighted by Gasteiger charge is -1.98. The molecule has 2 aromatic heterocycles. The fraction of sp³-hybridized carbons (Fsp3) is 0.0714. The van der Waals surface area contributed by atoms with Crippen LogP contribution in [0.3, 0.4) is 0 Å². The molecule has 0 aliphatic rings. The molecule has 0 atom stereocenters. The zero-order valence-electron chi connectivity index (χ0n) is 10.6. The van der Waals surface area contributed by atoms with Crippen molar-refractivity contribution >= 4 is 17.4 Å². The SMILES string of the molecule is Nc1ccc(SCc2nc(-c3ccccn3)no2)cc1. The smallest absolute Gasteiger partial charge is 0.237 e. The van der Waals surface area contributed by atoms with Crippen molar-refractivity contribution in [1.29, 1.82) is 0 Å². The van der Waals surface area contributed by atoms with Crippen LogP contribution in [0.5, 0.6) is 0 Å². The first kappa shape index (κ1) is 12.7. The number of pyridine rings is 1. The van der Waals surface area contributed by atoms with E-state index in [4.69, 9.17) is 10.3 Å². The topological polar surface area (TPSA) is 77.8 Å².